The highest BCUT2D eigenvalue weighted by molar-refractivity contribution is 8.18. The number of furan rings is 1. The number of amides is 1. The van der Waals surface area contributed by atoms with E-state index in [1.54, 1.807) is 42.5 Å². The number of nitrogens with one attached hydrogen (secondary N) is 1. The van der Waals surface area contributed by atoms with Gasteiger partial charge in [0.1, 0.15) is 11.5 Å². The number of carbonyl (C=O) groups excluding carboxylic acids is 1. The van der Waals surface area contributed by atoms with Gasteiger partial charge in [-0.05, 0) is 60.3 Å². The van der Waals surface area contributed by atoms with Gasteiger partial charge in [0.25, 0.3) is 5.91 Å². The second-order valence-electron chi connectivity index (χ2n) is 6.28. The first-order valence-corrected chi connectivity index (χ1v) is 10.6. The fraction of sp³-hybridized carbons (Fsp3) is 0. The zero-order chi connectivity index (χ0) is 22.1. The molecule has 1 saturated heterocycles. The summed E-state index contributed by atoms with van der Waals surface area (Å²) in [6.45, 7) is 0. The van der Waals surface area contributed by atoms with Crippen molar-refractivity contribution in [2.45, 2.75) is 0 Å². The van der Waals surface area contributed by atoms with E-state index in [9.17, 15) is 14.7 Å². The van der Waals surface area contributed by atoms with E-state index in [0.29, 0.717) is 42.9 Å². The molecule has 1 aliphatic rings. The first-order chi connectivity index (χ1) is 14.8. The van der Waals surface area contributed by atoms with Gasteiger partial charge in [-0.15, -0.1) is 0 Å². The Bertz CT molecular complexity index is 1280. The summed E-state index contributed by atoms with van der Waals surface area (Å²) >= 11 is 19.1. The Kier molecular flexibility index (Phi) is 6.11. The van der Waals surface area contributed by atoms with E-state index in [1.807, 2.05) is 0 Å². The number of hydrogen-bond donors (Lipinski definition) is 2. The molecule has 0 aliphatic carbocycles. The van der Waals surface area contributed by atoms with Gasteiger partial charge in [-0.1, -0.05) is 34.8 Å². The van der Waals surface area contributed by atoms with Crippen LogP contribution in [0.3, 0.4) is 0 Å². The molecule has 156 valence electrons. The molecule has 0 atom stereocenters. The van der Waals surface area contributed by atoms with Crippen molar-refractivity contribution in [1.29, 1.82) is 0 Å². The van der Waals surface area contributed by atoms with Crippen molar-refractivity contribution in [2.75, 3.05) is 0 Å². The minimum Gasteiger partial charge on any atom is -0.478 e. The van der Waals surface area contributed by atoms with Crippen LogP contribution in [0.5, 0.6) is 0 Å². The molecule has 1 aromatic heterocycles. The van der Waals surface area contributed by atoms with Crippen LogP contribution in [0.25, 0.3) is 17.4 Å². The summed E-state index contributed by atoms with van der Waals surface area (Å²) in [7, 11) is 0. The summed E-state index contributed by atoms with van der Waals surface area (Å²) in [4.78, 5) is 28.2. The third kappa shape index (κ3) is 4.80. The Hall–Kier alpha value is -2.71. The monoisotopic (exact) mass is 492 g/mol. The molecule has 10 heteroatoms. The number of aliphatic imine (C=N–C) groups is 1. The number of thioether (sulfide) groups is 1. The van der Waals surface area contributed by atoms with Gasteiger partial charge in [-0.25, -0.2) is 9.79 Å². The van der Waals surface area contributed by atoms with Gasteiger partial charge in [0.05, 0.1) is 26.2 Å². The molecule has 0 bridgehead atoms. The number of benzene rings is 2. The summed E-state index contributed by atoms with van der Waals surface area (Å²) in [6.07, 6.45) is 1.58. The number of aromatic carboxylic acids is 1. The highest BCUT2D eigenvalue weighted by Crippen LogP contribution is 2.34. The Morgan fingerprint density at radius 3 is 2.61 bits per heavy atom. The quantitative estimate of drug-likeness (QED) is 0.405. The Balaban J connectivity index is 1.56. The molecule has 31 heavy (non-hydrogen) atoms. The maximum Gasteiger partial charge on any atom is 0.337 e. The number of carboxylic acid groups (broad SMARTS) is 1. The average molecular weight is 494 g/mol. The number of carboxylic acids is 1. The smallest absolute Gasteiger partial charge is 0.337 e. The van der Waals surface area contributed by atoms with Gasteiger partial charge >= 0.3 is 5.97 Å². The summed E-state index contributed by atoms with van der Waals surface area (Å²) in [5, 5.41) is 13.2. The molecule has 3 aromatic rings. The predicted molar refractivity (Wildman–Crippen MR) is 123 cm³/mol. The normalized spacial score (nSPS) is 16.2. The van der Waals surface area contributed by atoms with E-state index in [1.165, 1.54) is 12.1 Å². The van der Waals surface area contributed by atoms with Crippen molar-refractivity contribution >= 4 is 75.4 Å². The SMILES string of the molecule is O=C1NC(=Nc2ccc(Cl)c(C(=O)O)c2)S/C1=C/c1ccc(-c2ccc(Cl)cc2Cl)o1. The highest BCUT2D eigenvalue weighted by Gasteiger charge is 2.24. The van der Waals surface area contributed by atoms with Crippen LogP contribution in [0.1, 0.15) is 16.1 Å². The summed E-state index contributed by atoms with van der Waals surface area (Å²) in [5.74, 6) is -0.517. The third-order valence-corrected chi connectivity index (χ3v) is 5.95. The first-order valence-electron chi connectivity index (χ1n) is 8.68. The molecule has 0 unspecified atom stereocenters. The van der Waals surface area contributed by atoms with Crippen molar-refractivity contribution in [3.8, 4) is 11.3 Å². The van der Waals surface area contributed by atoms with Gasteiger partial charge in [0, 0.05) is 16.7 Å². The molecule has 6 nitrogen and oxygen atoms in total. The lowest BCUT2D eigenvalue weighted by Crippen LogP contribution is -2.19. The first kappa shape index (κ1) is 21.5. The second-order valence-corrected chi connectivity index (χ2v) is 8.56. The van der Waals surface area contributed by atoms with Crippen LogP contribution in [-0.4, -0.2) is 22.2 Å². The van der Waals surface area contributed by atoms with Crippen molar-refractivity contribution in [2.24, 2.45) is 4.99 Å². The molecule has 1 aliphatic heterocycles. The lowest BCUT2D eigenvalue weighted by atomic mass is 10.2. The van der Waals surface area contributed by atoms with E-state index in [2.05, 4.69) is 10.3 Å². The molecular weight excluding hydrogens is 483 g/mol. The lowest BCUT2D eigenvalue weighted by molar-refractivity contribution is -0.115. The molecule has 4 rings (SSSR count). The van der Waals surface area contributed by atoms with Crippen molar-refractivity contribution in [1.82, 2.24) is 5.32 Å². The Labute approximate surface area is 195 Å². The Morgan fingerprint density at radius 1 is 1.06 bits per heavy atom. The zero-order valence-electron chi connectivity index (χ0n) is 15.4. The van der Waals surface area contributed by atoms with Gasteiger partial charge < -0.3 is 14.8 Å². The lowest BCUT2D eigenvalue weighted by Gasteiger charge is -2.01. The number of rotatable bonds is 4. The van der Waals surface area contributed by atoms with Crippen molar-refractivity contribution in [3.05, 3.63) is 79.8 Å². The standard InChI is InChI=1S/C21H11Cl3N2O4S/c22-10-1-4-13(16(24)7-10)17-6-3-12(30-17)9-18-19(27)26-21(31-18)25-11-2-5-15(23)14(8-11)20(28)29/h1-9H,(H,28,29)(H,25,26,27)/b18-9+. The van der Waals surface area contributed by atoms with E-state index in [-0.39, 0.29) is 16.5 Å². The van der Waals surface area contributed by atoms with Crippen molar-refractivity contribution < 1.29 is 19.1 Å². The minimum absolute atomic E-state index is 0.0717. The van der Waals surface area contributed by atoms with Crippen LogP contribution in [0, 0.1) is 0 Å². The minimum atomic E-state index is -1.16. The van der Waals surface area contributed by atoms with Gasteiger partial charge in [-0.2, -0.15) is 0 Å². The number of hydrogen-bond acceptors (Lipinski definition) is 5. The molecule has 1 fully saturated rings. The van der Waals surface area contributed by atoms with Crippen LogP contribution in [0.2, 0.25) is 15.1 Å². The zero-order valence-corrected chi connectivity index (χ0v) is 18.4. The molecular formula is C21H11Cl3N2O4S. The van der Waals surface area contributed by atoms with Gasteiger partial charge in [0.2, 0.25) is 0 Å². The molecule has 0 radical (unpaired) electrons. The van der Waals surface area contributed by atoms with Gasteiger partial charge in [-0.3, -0.25) is 4.79 Å². The summed E-state index contributed by atoms with van der Waals surface area (Å²) in [6, 6.07) is 12.9. The molecule has 0 saturated carbocycles. The predicted octanol–water partition coefficient (Wildman–Crippen LogP) is 6.50. The van der Waals surface area contributed by atoms with E-state index < -0.39 is 5.97 Å². The summed E-state index contributed by atoms with van der Waals surface area (Å²) in [5.41, 5.74) is 0.958. The van der Waals surface area contributed by atoms with E-state index in [4.69, 9.17) is 39.2 Å². The Morgan fingerprint density at radius 2 is 1.87 bits per heavy atom. The van der Waals surface area contributed by atoms with Crippen LogP contribution >= 0.6 is 46.6 Å². The maximum absolute atomic E-state index is 12.3. The second kappa shape index (κ2) is 8.80. The summed E-state index contributed by atoms with van der Waals surface area (Å²) < 4.78 is 5.79. The molecule has 2 N–H and O–H groups in total. The van der Waals surface area contributed by atoms with Crippen LogP contribution in [-0.2, 0) is 4.79 Å². The van der Waals surface area contributed by atoms with Crippen molar-refractivity contribution in [3.63, 3.8) is 0 Å². The topological polar surface area (TPSA) is 91.9 Å². The van der Waals surface area contributed by atoms with E-state index >= 15 is 0 Å². The van der Waals surface area contributed by atoms with Crippen LogP contribution in [0.15, 0.2) is 62.8 Å². The van der Waals surface area contributed by atoms with Crippen LogP contribution in [0.4, 0.5) is 5.69 Å². The fourth-order valence-corrected chi connectivity index (χ4v) is 4.26. The number of carbonyl (C=O) groups is 2. The average Bonchev–Trinajstić information content (AvgIpc) is 3.30. The molecule has 2 heterocycles. The molecule has 0 spiro atoms. The van der Waals surface area contributed by atoms with Gasteiger partial charge in [0.15, 0.2) is 5.17 Å². The third-order valence-electron chi connectivity index (χ3n) is 4.16. The molecule has 1 amide bonds. The molecule has 2 aromatic carbocycles. The number of nitrogens with zero attached hydrogens (tertiary/aromatic N) is 1. The van der Waals surface area contributed by atoms with E-state index in [0.717, 1.165) is 11.8 Å². The largest absolute Gasteiger partial charge is 0.478 e. The fourth-order valence-electron chi connectivity index (χ4n) is 2.74. The maximum atomic E-state index is 12.3. The number of halogens is 3. The highest BCUT2D eigenvalue weighted by atomic mass is 35.5. The number of amidine groups is 1. The van der Waals surface area contributed by atoms with Crippen LogP contribution < -0.4 is 5.32 Å².